The molecule has 0 aliphatic carbocycles. The van der Waals surface area contributed by atoms with Crippen LogP contribution < -0.4 is 21.9 Å². The normalized spacial score (nSPS) is 10.5. The second-order valence-corrected chi connectivity index (χ2v) is 6.38. The molecule has 2 heterocycles. The van der Waals surface area contributed by atoms with Gasteiger partial charge in [0.2, 0.25) is 0 Å². The van der Waals surface area contributed by atoms with Gasteiger partial charge < -0.3 is 10.6 Å². The van der Waals surface area contributed by atoms with Crippen LogP contribution in [0.15, 0.2) is 76.4 Å². The maximum absolute atomic E-state index is 12.6. The predicted octanol–water partition coefficient (Wildman–Crippen LogP) is 2.12. The molecule has 148 valence electrons. The zero-order valence-electron chi connectivity index (χ0n) is 15.4. The molecule has 4 N–H and O–H groups in total. The number of pyridine rings is 1. The Hall–Kier alpha value is -4.53. The molecule has 0 fully saturated rings. The van der Waals surface area contributed by atoms with E-state index < -0.39 is 17.2 Å². The first-order chi connectivity index (χ1) is 14.5. The molecule has 4 rings (SSSR count). The molecule has 2 amide bonds. The van der Waals surface area contributed by atoms with Crippen LogP contribution >= 0.6 is 0 Å². The van der Waals surface area contributed by atoms with E-state index in [0.717, 1.165) is 0 Å². The topological polar surface area (TPSA) is 137 Å². The van der Waals surface area contributed by atoms with Crippen molar-refractivity contribution in [3.05, 3.63) is 98.8 Å². The van der Waals surface area contributed by atoms with Crippen molar-refractivity contribution in [1.29, 1.82) is 0 Å². The summed E-state index contributed by atoms with van der Waals surface area (Å²) in [6, 6.07) is 16.7. The molecular formula is C21H15N5O4. The molecule has 0 radical (unpaired) electrons. The summed E-state index contributed by atoms with van der Waals surface area (Å²) < 4.78 is 0. The average Bonchev–Trinajstić information content (AvgIpc) is 2.74. The lowest BCUT2D eigenvalue weighted by Gasteiger charge is -2.09. The molecule has 0 bridgehead atoms. The van der Waals surface area contributed by atoms with Crippen molar-refractivity contribution < 1.29 is 9.59 Å². The molecule has 0 unspecified atom stereocenters. The lowest BCUT2D eigenvalue weighted by Crippen LogP contribution is -2.23. The van der Waals surface area contributed by atoms with E-state index in [9.17, 15) is 19.2 Å². The Morgan fingerprint density at radius 2 is 1.43 bits per heavy atom. The Labute approximate surface area is 168 Å². The van der Waals surface area contributed by atoms with Gasteiger partial charge in [-0.15, -0.1) is 0 Å². The highest BCUT2D eigenvalue weighted by Gasteiger charge is 2.11. The molecule has 0 saturated heterocycles. The van der Waals surface area contributed by atoms with Crippen LogP contribution in [0.25, 0.3) is 11.0 Å². The smallest absolute Gasteiger partial charge is 0.322 e. The molecule has 9 heteroatoms. The van der Waals surface area contributed by atoms with E-state index in [-0.39, 0.29) is 22.5 Å². The molecule has 4 aromatic rings. The number of aromatic amines is 2. The minimum Gasteiger partial charge on any atom is -0.322 e. The first-order valence-corrected chi connectivity index (χ1v) is 8.90. The summed E-state index contributed by atoms with van der Waals surface area (Å²) in [6.45, 7) is 0. The summed E-state index contributed by atoms with van der Waals surface area (Å²) in [4.78, 5) is 56.5. The zero-order valence-corrected chi connectivity index (χ0v) is 15.4. The number of aromatic nitrogens is 3. The summed E-state index contributed by atoms with van der Waals surface area (Å²) in [5.41, 5.74) is 0.379. The Bertz CT molecular complexity index is 1380. The number of hydrogen-bond donors (Lipinski definition) is 4. The largest absolute Gasteiger partial charge is 0.327 e. The van der Waals surface area contributed by atoms with Crippen LogP contribution in [0, 0.1) is 0 Å². The van der Waals surface area contributed by atoms with E-state index in [1.165, 1.54) is 12.3 Å². The molecule has 9 nitrogen and oxygen atoms in total. The minimum absolute atomic E-state index is 0.0888. The minimum atomic E-state index is -0.674. The Balaban J connectivity index is 1.53. The number of amides is 2. The Morgan fingerprint density at radius 1 is 0.767 bits per heavy atom. The van der Waals surface area contributed by atoms with Gasteiger partial charge in [0.25, 0.3) is 17.4 Å². The third kappa shape index (κ3) is 3.99. The van der Waals surface area contributed by atoms with E-state index in [2.05, 4.69) is 25.6 Å². The molecule has 0 saturated carbocycles. The summed E-state index contributed by atoms with van der Waals surface area (Å²) in [5, 5.41) is 5.55. The summed E-state index contributed by atoms with van der Waals surface area (Å²) in [7, 11) is 0. The maximum Gasteiger partial charge on any atom is 0.327 e. The van der Waals surface area contributed by atoms with E-state index in [1.807, 2.05) is 6.07 Å². The van der Waals surface area contributed by atoms with Crippen LogP contribution in [0.5, 0.6) is 0 Å². The summed E-state index contributed by atoms with van der Waals surface area (Å²) in [6.07, 6.45) is 1.26. The standard InChI is InChI=1S/C21H15N5O4/c27-18(12-5-2-1-3-6-12)23-14-7-4-8-15(10-14)24-19(28)13-9-16-17(22-11-13)25-21(30)26-20(16)29/h1-11H,(H,23,27)(H,24,28)(H2,22,25,26,29,30). The van der Waals surface area contributed by atoms with Crippen molar-refractivity contribution in [2.45, 2.75) is 0 Å². The summed E-state index contributed by atoms with van der Waals surface area (Å²) >= 11 is 0. The van der Waals surface area contributed by atoms with E-state index in [0.29, 0.717) is 16.9 Å². The third-order valence-electron chi connectivity index (χ3n) is 4.27. The van der Waals surface area contributed by atoms with Crippen LogP contribution in [0.2, 0.25) is 0 Å². The molecule has 2 aromatic carbocycles. The number of fused-ring (bicyclic) bond motifs is 1. The molecule has 0 aliphatic heterocycles. The van der Waals surface area contributed by atoms with Gasteiger partial charge in [0.1, 0.15) is 5.65 Å². The average molecular weight is 401 g/mol. The fourth-order valence-electron chi connectivity index (χ4n) is 2.84. The quantitative estimate of drug-likeness (QED) is 0.415. The van der Waals surface area contributed by atoms with Gasteiger partial charge in [-0.1, -0.05) is 24.3 Å². The Morgan fingerprint density at radius 3 is 2.13 bits per heavy atom. The van der Waals surface area contributed by atoms with Crippen LogP contribution in [-0.4, -0.2) is 26.8 Å². The number of H-pyrrole nitrogens is 2. The number of carbonyl (C=O) groups excluding carboxylic acids is 2. The highest BCUT2D eigenvalue weighted by molar-refractivity contribution is 6.07. The van der Waals surface area contributed by atoms with Gasteiger partial charge in [-0.2, -0.15) is 0 Å². The fourth-order valence-corrected chi connectivity index (χ4v) is 2.84. The van der Waals surface area contributed by atoms with Gasteiger partial charge in [-0.25, -0.2) is 9.78 Å². The SMILES string of the molecule is O=C(Nc1cccc(NC(=O)c2cnc3[nH]c(=O)[nH]c(=O)c3c2)c1)c1ccccc1. The highest BCUT2D eigenvalue weighted by Crippen LogP contribution is 2.17. The van der Waals surface area contributed by atoms with Crippen molar-refractivity contribution in [3.63, 3.8) is 0 Å². The van der Waals surface area contributed by atoms with Gasteiger partial charge in [-0.3, -0.25) is 24.4 Å². The lowest BCUT2D eigenvalue weighted by molar-refractivity contribution is 0.101. The number of carbonyl (C=O) groups is 2. The molecular weight excluding hydrogens is 386 g/mol. The van der Waals surface area contributed by atoms with Gasteiger partial charge in [0, 0.05) is 23.1 Å². The molecule has 0 spiro atoms. The van der Waals surface area contributed by atoms with Crippen molar-refractivity contribution in [2.24, 2.45) is 0 Å². The lowest BCUT2D eigenvalue weighted by atomic mass is 10.2. The first kappa shape index (κ1) is 18.8. The van der Waals surface area contributed by atoms with Crippen molar-refractivity contribution in [1.82, 2.24) is 15.0 Å². The number of rotatable bonds is 4. The van der Waals surface area contributed by atoms with Gasteiger partial charge >= 0.3 is 5.69 Å². The zero-order chi connectivity index (χ0) is 21.1. The van der Waals surface area contributed by atoms with Gasteiger partial charge in [-0.05, 0) is 36.4 Å². The first-order valence-electron chi connectivity index (χ1n) is 8.90. The second-order valence-electron chi connectivity index (χ2n) is 6.38. The monoisotopic (exact) mass is 401 g/mol. The molecule has 30 heavy (non-hydrogen) atoms. The highest BCUT2D eigenvalue weighted by atomic mass is 16.2. The van der Waals surface area contributed by atoms with Crippen molar-refractivity contribution >= 4 is 34.2 Å². The van der Waals surface area contributed by atoms with E-state index in [1.54, 1.807) is 48.5 Å². The number of hydrogen-bond acceptors (Lipinski definition) is 5. The number of anilines is 2. The maximum atomic E-state index is 12.6. The predicted molar refractivity (Wildman–Crippen MR) is 112 cm³/mol. The van der Waals surface area contributed by atoms with Crippen molar-refractivity contribution in [3.8, 4) is 0 Å². The van der Waals surface area contributed by atoms with Crippen LogP contribution in [0.1, 0.15) is 20.7 Å². The number of benzene rings is 2. The molecule has 0 atom stereocenters. The number of nitrogens with zero attached hydrogens (tertiary/aromatic N) is 1. The number of nitrogens with one attached hydrogen (secondary N) is 4. The van der Waals surface area contributed by atoms with Crippen LogP contribution in [0.4, 0.5) is 11.4 Å². The molecule has 2 aromatic heterocycles. The van der Waals surface area contributed by atoms with E-state index in [4.69, 9.17) is 0 Å². The summed E-state index contributed by atoms with van der Waals surface area (Å²) in [5.74, 6) is -0.771. The van der Waals surface area contributed by atoms with E-state index >= 15 is 0 Å². The third-order valence-corrected chi connectivity index (χ3v) is 4.27. The van der Waals surface area contributed by atoms with Crippen molar-refractivity contribution in [2.75, 3.05) is 10.6 Å². The second kappa shape index (κ2) is 7.84. The van der Waals surface area contributed by atoms with Gasteiger partial charge in [0.05, 0.1) is 10.9 Å². The van der Waals surface area contributed by atoms with Crippen LogP contribution in [0.3, 0.4) is 0 Å². The fraction of sp³-hybridized carbons (Fsp3) is 0. The van der Waals surface area contributed by atoms with Crippen LogP contribution in [-0.2, 0) is 0 Å². The Kier molecular flexibility index (Phi) is 4.92. The molecule has 0 aliphatic rings. The van der Waals surface area contributed by atoms with Gasteiger partial charge in [0.15, 0.2) is 0 Å².